The highest BCUT2D eigenvalue weighted by atomic mass is 79.9. The Morgan fingerprint density at radius 3 is 1.88 bits per heavy atom. The van der Waals surface area contributed by atoms with Gasteiger partial charge in [0, 0.05) is 21.2 Å². The summed E-state index contributed by atoms with van der Waals surface area (Å²) in [4.78, 5) is 10.0. The minimum absolute atomic E-state index is 0.299. The van der Waals surface area contributed by atoms with Gasteiger partial charge in [0.05, 0.1) is 11.4 Å². The van der Waals surface area contributed by atoms with E-state index in [1.807, 2.05) is 24.3 Å². The number of nitrogens with zero attached hydrogens (tertiary/aromatic N) is 2. The molecule has 0 aliphatic heterocycles. The minimum atomic E-state index is 0.299. The Hall–Kier alpha value is -3.56. The SMILES string of the molecule is Brc1ccc(C23CC4CC2CC(c2ccc(-c5cc(-c6ccccc6)nc(-c6ccccc6)n5)cc2)(C4)C3)cc1. The average molecular weight is 584 g/mol. The van der Waals surface area contributed by atoms with Gasteiger partial charge in [-0.1, -0.05) is 113 Å². The zero-order valence-corrected chi connectivity index (χ0v) is 24.0. The molecule has 9 rings (SSSR count). The Morgan fingerprint density at radius 1 is 0.600 bits per heavy atom. The monoisotopic (exact) mass is 582 g/mol. The summed E-state index contributed by atoms with van der Waals surface area (Å²) in [5.74, 6) is 2.41. The Labute approximate surface area is 244 Å². The zero-order chi connectivity index (χ0) is 26.7. The Bertz CT molecular complexity index is 1620. The van der Waals surface area contributed by atoms with Crippen molar-refractivity contribution in [2.24, 2.45) is 11.8 Å². The molecular weight excluding hydrogens is 552 g/mol. The highest BCUT2D eigenvalue weighted by Crippen LogP contribution is 2.71. The van der Waals surface area contributed by atoms with Gasteiger partial charge in [-0.15, -0.1) is 0 Å². The molecule has 4 aromatic carbocycles. The molecule has 4 saturated carbocycles. The van der Waals surface area contributed by atoms with E-state index in [9.17, 15) is 0 Å². The van der Waals surface area contributed by atoms with Crippen molar-refractivity contribution in [2.75, 3.05) is 0 Å². The molecule has 0 N–H and O–H groups in total. The third-order valence-electron chi connectivity index (χ3n) is 10.1. The fourth-order valence-electron chi connectivity index (χ4n) is 8.54. The Balaban J connectivity index is 1.16. The predicted octanol–water partition coefficient (Wildman–Crippen LogP) is 9.64. The molecule has 4 fully saturated rings. The van der Waals surface area contributed by atoms with Crippen molar-refractivity contribution in [1.82, 2.24) is 9.97 Å². The highest BCUT2D eigenvalue weighted by molar-refractivity contribution is 9.10. The van der Waals surface area contributed by atoms with Gasteiger partial charge < -0.3 is 0 Å². The summed E-state index contributed by atoms with van der Waals surface area (Å²) < 4.78 is 1.17. The van der Waals surface area contributed by atoms with E-state index in [-0.39, 0.29) is 0 Å². The third kappa shape index (κ3) is 3.89. The smallest absolute Gasteiger partial charge is 0.160 e. The van der Waals surface area contributed by atoms with Gasteiger partial charge in [-0.2, -0.15) is 0 Å². The quantitative estimate of drug-likeness (QED) is 0.206. The van der Waals surface area contributed by atoms with Crippen LogP contribution in [-0.2, 0) is 10.8 Å². The second-order valence-electron chi connectivity index (χ2n) is 12.3. The summed E-state index contributed by atoms with van der Waals surface area (Å²) >= 11 is 3.64. The molecular formula is C37H31BrN2. The van der Waals surface area contributed by atoms with Gasteiger partial charge in [0.2, 0.25) is 0 Å². The van der Waals surface area contributed by atoms with E-state index in [1.165, 1.54) is 42.1 Å². The fourth-order valence-corrected chi connectivity index (χ4v) is 8.80. The molecule has 0 spiro atoms. The van der Waals surface area contributed by atoms with Crippen molar-refractivity contribution < 1.29 is 0 Å². The first-order valence-corrected chi connectivity index (χ1v) is 15.3. The first kappa shape index (κ1) is 24.3. The van der Waals surface area contributed by atoms with Crippen molar-refractivity contribution >= 4 is 15.9 Å². The van der Waals surface area contributed by atoms with Crippen molar-refractivity contribution in [1.29, 1.82) is 0 Å². The van der Waals surface area contributed by atoms with Crippen LogP contribution in [-0.4, -0.2) is 9.97 Å². The van der Waals surface area contributed by atoms with Crippen molar-refractivity contribution in [3.05, 3.63) is 131 Å². The van der Waals surface area contributed by atoms with E-state index in [1.54, 1.807) is 5.56 Å². The number of hydrogen-bond acceptors (Lipinski definition) is 2. The summed E-state index contributed by atoms with van der Waals surface area (Å²) in [7, 11) is 0. The van der Waals surface area contributed by atoms with E-state index in [4.69, 9.17) is 9.97 Å². The van der Waals surface area contributed by atoms with Gasteiger partial charge in [-0.25, -0.2) is 9.97 Å². The van der Waals surface area contributed by atoms with Crippen LogP contribution in [0.2, 0.25) is 0 Å². The Kier molecular flexibility index (Phi) is 5.60. The molecule has 0 radical (unpaired) electrons. The lowest BCUT2D eigenvalue weighted by Gasteiger charge is -2.42. The second-order valence-corrected chi connectivity index (χ2v) is 13.2. The van der Waals surface area contributed by atoms with Gasteiger partial charge in [0.15, 0.2) is 5.82 Å². The van der Waals surface area contributed by atoms with Crippen LogP contribution in [0.4, 0.5) is 0 Å². The molecule has 4 unspecified atom stereocenters. The molecule has 5 aromatic rings. The summed E-state index contributed by atoms with van der Waals surface area (Å²) in [6.07, 6.45) is 6.71. The summed E-state index contributed by atoms with van der Waals surface area (Å²) in [5, 5.41) is 0. The van der Waals surface area contributed by atoms with Crippen molar-refractivity contribution in [3.63, 3.8) is 0 Å². The predicted molar refractivity (Wildman–Crippen MR) is 166 cm³/mol. The van der Waals surface area contributed by atoms with Crippen LogP contribution in [0.1, 0.15) is 43.2 Å². The molecule has 40 heavy (non-hydrogen) atoms. The van der Waals surface area contributed by atoms with E-state index in [0.29, 0.717) is 10.8 Å². The van der Waals surface area contributed by atoms with Crippen LogP contribution in [0.3, 0.4) is 0 Å². The lowest BCUT2D eigenvalue weighted by molar-refractivity contribution is 0.219. The lowest BCUT2D eigenvalue weighted by atomic mass is 9.62. The molecule has 3 heteroatoms. The summed E-state index contributed by atoms with van der Waals surface area (Å²) in [6.45, 7) is 0. The number of benzene rings is 4. The number of hydrogen-bond donors (Lipinski definition) is 0. The van der Waals surface area contributed by atoms with Gasteiger partial charge in [0.25, 0.3) is 0 Å². The topological polar surface area (TPSA) is 25.8 Å². The maximum absolute atomic E-state index is 5.05. The van der Waals surface area contributed by atoms with Gasteiger partial charge >= 0.3 is 0 Å². The highest BCUT2D eigenvalue weighted by Gasteiger charge is 2.64. The van der Waals surface area contributed by atoms with Crippen LogP contribution in [0, 0.1) is 11.8 Å². The molecule has 4 atom stereocenters. The standard InChI is InChI=1S/C37H31BrN2/c38-32-17-15-30(16-18-32)37-22-25-19-31(37)23-36(21-25,24-37)29-13-11-27(12-14-29)34-20-33(26-7-3-1-4-8-26)39-35(40-34)28-9-5-2-6-10-28/h1-18,20,25,31H,19,21-24H2. The van der Waals surface area contributed by atoms with Crippen LogP contribution in [0.5, 0.6) is 0 Å². The molecule has 4 bridgehead atoms. The van der Waals surface area contributed by atoms with Gasteiger partial charge in [0.1, 0.15) is 0 Å². The molecule has 4 aliphatic rings. The molecule has 0 amide bonds. The Morgan fingerprint density at radius 2 is 1.20 bits per heavy atom. The van der Waals surface area contributed by atoms with Crippen LogP contribution in [0.15, 0.2) is 120 Å². The maximum atomic E-state index is 5.05. The maximum Gasteiger partial charge on any atom is 0.160 e. The van der Waals surface area contributed by atoms with Gasteiger partial charge in [-0.05, 0) is 84.1 Å². The van der Waals surface area contributed by atoms with E-state index < -0.39 is 0 Å². The zero-order valence-electron chi connectivity index (χ0n) is 22.4. The van der Waals surface area contributed by atoms with Crippen molar-refractivity contribution in [2.45, 2.75) is 42.9 Å². The number of aromatic nitrogens is 2. The summed E-state index contributed by atoms with van der Waals surface area (Å²) in [5.41, 5.74) is 8.94. The van der Waals surface area contributed by atoms with E-state index >= 15 is 0 Å². The minimum Gasteiger partial charge on any atom is -0.228 e. The molecule has 196 valence electrons. The first-order valence-electron chi connectivity index (χ1n) is 14.5. The van der Waals surface area contributed by atoms with E-state index in [0.717, 1.165) is 45.7 Å². The fraction of sp³-hybridized carbons (Fsp3) is 0.243. The number of halogens is 1. The van der Waals surface area contributed by atoms with Crippen LogP contribution >= 0.6 is 15.9 Å². The lowest BCUT2D eigenvalue weighted by Crippen LogP contribution is -2.35. The third-order valence-corrected chi connectivity index (χ3v) is 10.6. The van der Waals surface area contributed by atoms with Crippen LogP contribution in [0.25, 0.3) is 33.9 Å². The average Bonchev–Trinajstić information content (AvgIpc) is 3.41. The molecule has 1 heterocycles. The largest absolute Gasteiger partial charge is 0.228 e. The first-order chi connectivity index (χ1) is 19.6. The molecule has 1 aromatic heterocycles. The van der Waals surface area contributed by atoms with Gasteiger partial charge in [-0.3, -0.25) is 0 Å². The second kappa shape index (κ2) is 9.24. The summed E-state index contributed by atoms with van der Waals surface area (Å²) in [6, 6.07) is 41.5. The van der Waals surface area contributed by atoms with E-state index in [2.05, 4.69) is 107 Å². The van der Waals surface area contributed by atoms with Crippen LogP contribution < -0.4 is 0 Å². The normalized spacial score (nSPS) is 26.3. The molecule has 0 saturated heterocycles. The molecule has 4 aliphatic carbocycles. The number of rotatable bonds is 5. The molecule has 2 nitrogen and oxygen atoms in total. The van der Waals surface area contributed by atoms with Crippen molar-refractivity contribution in [3.8, 4) is 33.9 Å².